The van der Waals surface area contributed by atoms with E-state index in [9.17, 15) is 13.2 Å². The van der Waals surface area contributed by atoms with Gasteiger partial charge in [0.25, 0.3) is 0 Å². The lowest BCUT2D eigenvalue weighted by Crippen LogP contribution is -2.38. The van der Waals surface area contributed by atoms with Crippen molar-refractivity contribution in [2.75, 3.05) is 10.0 Å². The van der Waals surface area contributed by atoms with Gasteiger partial charge in [-0.15, -0.1) is 0 Å². The molecule has 1 heterocycles. The lowest BCUT2D eigenvalue weighted by atomic mass is 10.3. The monoisotopic (exact) mass is 399 g/mol. The number of hydrogen-bond acceptors (Lipinski definition) is 5. The average Bonchev–Trinajstić information content (AvgIpc) is 2.39. The molecule has 0 spiro atoms. The zero-order chi connectivity index (χ0) is 17.0. The summed E-state index contributed by atoms with van der Waals surface area (Å²) in [6.45, 7) is 3.48. The molecule has 2 rings (SSSR count). The molecule has 2 amide bonds. The van der Waals surface area contributed by atoms with E-state index in [1.165, 1.54) is 0 Å². The summed E-state index contributed by atoms with van der Waals surface area (Å²) >= 11 is 3.24. The van der Waals surface area contributed by atoms with E-state index >= 15 is 0 Å². The molecule has 2 aromatic rings. The molecule has 3 N–H and O–H groups in total. The Kier molecular flexibility index (Phi) is 5.16. The first-order chi connectivity index (χ1) is 10.7. The Morgan fingerprint density at radius 1 is 1.09 bits per heavy atom. The number of carbonyl (C=O) groups excluding carboxylic acids is 1. The van der Waals surface area contributed by atoms with Gasteiger partial charge in [-0.25, -0.2) is 19.5 Å². The van der Waals surface area contributed by atoms with Crippen molar-refractivity contribution in [3.05, 3.63) is 46.2 Å². The quantitative estimate of drug-likeness (QED) is 0.729. The molecule has 0 radical (unpaired) electrons. The molecule has 1 aromatic heterocycles. The molecule has 8 nitrogen and oxygen atoms in total. The van der Waals surface area contributed by atoms with Crippen molar-refractivity contribution in [3.8, 4) is 0 Å². The summed E-state index contributed by atoms with van der Waals surface area (Å²) in [4.78, 5) is 19.8. The highest BCUT2D eigenvalue weighted by molar-refractivity contribution is 9.10. The van der Waals surface area contributed by atoms with Crippen LogP contribution in [-0.4, -0.2) is 24.4 Å². The van der Waals surface area contributed by atoms with Gasteiger partial charge in [0.2, 0.25) is 5.95 Å². The maximum Gasteiger partial charge on any atom is 0.336 e. The van der Waals surface area contributed by atoms with Crippen LogP contribution in [0, 0.1) is 13.8 Å². The van der Waals surface area contributed by atoms with Gasteiger partial charge < -0.3 is 0 Å². The number of nitrogens with zero attached hydrogens (tertiary/aromatic N) is 2. The summed E-state index contributed by atoms with van der Waals surface area (Å²) in [7, 11) is -4.07. The number of aryl methyl sites for hydroxylation is 2. The van der Waals surface area contributed by atoms with Crippen LogP contribution in [0.2, 0.25) is 0 Å². The Hall–Kier alpha value is -2.20. The summed E-state index contributed by atoms with van der Waals surface area (Å²) in [5.74, 6) is 0.0267. The molecule has 0 bridgehead atoms. The molecule has 122 valence electrons. The van der Waals surface area contributed by atoms with E-state index in [1.807, 2.05) is 4.72 Å². The number of urea groups is 1. The van der Waals surface area contributed by atoms with Crippen LogP contribution in [0.4, 0.5) is 16.4 Å². The minimum absolute atomic E-state index is 0.0267. The van der Waals surface area contributed by atoms with E-state index in [4.69, 9.17) is 0 Å². The predicted molar refractivity (Wildman–Crippen MR) is 90.3 cm³/mol. The highest BCUT2D eigenvalue weighted by Gasteiger charge is 2.15. The van der Waals surface area contributed by atoms with Gasteiger partial charge in [-0.2, -0.15) is 8.42 Å². The Morgan fingerprint density at radius 3 is 2.22 bits per heavy atom. The molecule has 0 aliphatic carbocycles. The van der Waals surface area contributed by atoms with Crippen LogP contribution in [0.3, 0.4) is 0 Å². The Balaban J connectivity index is 2.01. The zero-order valence-electron chi connectivity index (χ0n) is 12.3. The van der Waals surface area contributed by atoms with Crippen molar-refractivity contribution < 1.29 is 13.2 Å². The lowest BCUT2D eigenvalue weighted by molar-refractivity contribution is 0.256. The highest BCUT2D eigenvalue weighted by atomic mass is 79.9. The Labute approximate surface area is 142 Å². The predicted octanol–water partition coefficient (Wildman–Crippen LogP) is 2.33. The van der Waals surface area contributed by atoms with E-state index in [2.05, 4.69) is 35.9 Å². The fraction of sp³-hybridized carbons (Fsp3) is 0.154. The van der Waals surface area contributed by atoms with Crippen molar-refractivity contribution >= 4 is 43.8 Å². The summed E-state index contributed by atoms with van der Waals surface area (Å²) in [6.07, 6.45) is 0. The molecule has 0 fully saturated rings. The van der Waals surface area contributed by atoms with Gasteiger partial charge in [-0.1, -0.05) is 15.9 Å². The minimum atomic E-state index is -4.07. The molecule has 0 aliphatic heterocycles. The fourth-order valence-electron chi connectivity index (χ4n) is 1.73. The topological polar surface area (TPSA) is 113 Å². The number of benzene rings is 1. The largest absolute Gasteiger partial charge is 0.336 e. The second-order valence-electron chi connectivity index (χ2n) is 4.64. The molecular weight excluding hydrogens is 386 g/mol. The van der Waals surface area contributed by atoms with Crippen LogP contribution < -0.4 is 14.8 Å². The third-order valence-corrected chi connectivity index (χ3v) is 4.02. The van der Waals surface area contributed by atoms with Crippen molar-refractivity contribution in [2.45, 2.75) is 13.8 Å². The van der Waals surface area contributed by atoms with Gasteiger partial charge in [0, 0.05) is 15.9 Å². The number of carbonyl (C=O) groups is 1. The van der Waals surface area contributed by atoms with Crippen LogP contribution in [0.25, 0.3) is 0 Å². The lowest BCUT2D eigenvalue weighted by Gasteiger charge is -2.10. The number of amides is 2. The standard InChI is InChI=1S/C13H14BrN5O3S/c1-8-7-9(2)16-12(15-8)17-13(20)19-23(21,22)18-11-5-3-10(14)4-6-11/h3-7,18H,1-2H3,(H2,15,16,17,19,20). The van der Waals surface area contributed by atoms with Crippen molar-refractivity contribution in [3.63, 3.8) is 0 Å². The molecule has 0 aliphatic rings. The number of hydrogen-bond donors (Lipinski definition) is 3. The summed E-state index contributed by atoms with van der Waals surface area (Å²) < 4.78 is 28.6. The average molecular weight is 400 g/mol. The van der Waals surface area contributed by atoms with Gasteiger partial charge in [0.15, 0.2) is 0 Å². The smallest absolute Gasteiger partial charge is 0.275 e. The number of aromatic nitrogens is 2. The van der Waals surface area contributed by atoms with Gasteiger partial charge in [0.05, 0.1) is 5.69 Å². The molecule has 10 heteroatoms. The first kappa shape index (κ1) is 17.2. The van der Waals surface area contributed by atoms with E-state index in [0.717, 1.165) is 4.47 Å². The van der Waals surface area contributed by atoms with E-state index in [-0.39, 0.29) is 5.95 Å². The minimum Gasteiger partial charge on any atom is -0.275 e. The van der Waals surface area contributed by atoms with Crippen LogP contribution >= 0.6 is 15.9 Å². The SMILES string of the molecule is Cc1cc(C)nc(NC(=O)NS(=O)(=O)Nc2ccc(Br)cc2)n1. The molecule has 0 atom stereocenters. The van der Waals surface area contributed by atoms with Crippen LogP contribution in [-0.2, 0) is 10.2 Å². The van der Waals surface area contributed by atoms with Gasteiger partial charge >= 0.3 is 16.2 Å². The Morgan fingerprint density at radius 2 is 1.65 bits per heavy atom. The summed E-state index contributed by atoms with van der Waals surface area (Å²) in [5.41, 5.74) is 1.63. The van der Waals surface area contributed by atoms with Crippen LogP contribution in [0.15, 0.2) is 34.8 Å². The Bertz CT molecular complexity index is 804. The van der Waals surface area contributed by atoms with Crippen molar-refractivity contribution in [1.29, 1.82) is 0 Å². The second kappa shape index (κ2) is 6.92. The number of rotatable bonds is 4. The van der Waals surface area contributed by atoms with Crippen molar-refractivity contribution in [1.82, 2.24) is 14.7 Å². The zero-order valence-corrected chi connectivity index (χ0v) is 14.7. The van der Waals surface area contributed by atoms with E-state index < -0.39 is 16.2 Å². The maximum atomic E-state index is 11.9. The molecule has 0 unspecified atom stereocenters. The molecule has 1 aromatic carbocycles. The molecule has 23 heavy (non-hydrogen) atoms. The van der Waals surface area contributed by atoms with Crippen LogP contribution in [0.5, 0.6) is 0 Å². The van der Waals surface area contributed by atoms with Crippen molar-refractivity contribution in [2.24, 2.45) is 0 Å². The first-order valence-corrected chi connectivity index (χ1v) is 8.70. The third-order valence-electron chi connectivity index (χ3n) is 2.53. The number of anilines is 2. The highest BCUT2D eigenvalue weighted by Crippen LogP contribution is 2.14. The maximum absolute atomic E-state index is 11.9. The molecular formula is C13H14BrN5O3S. The van der Waals surface area contributed by atoms with E-state index in [0.29, 0.717) is 17.1 Å². The van der Waals surface area contributed by atoms with Gasteiger partial charge in [-0.3, -0.25) is 10.0 Å². The molecule has 0 saturated carbocycles. The van der Waals surface area contributed by atoms with Crippen LogP contribution in [0.1, 0.15) is 11.4 Å². The second-order valence-corrected chi connectivity index (χ2v) is 6.97. The number of nitrogens with one attached hydrogen (secondary N) is 3. The number of halogens is 1. The normalized spacial score (nSPS) is 10.9. The van der Waals surface area contributed by atoms with Gasteiger partial charge in [-0.05, 0) is 44.2 Å². The van der Waals surface area contributed by atoms with E-state index in [1.54, 1.807) is 44.2 Å². The molecule has 0 saturated heterocycles. The van der Waals surface area contributed by atoms with Gasteiger partial charge in [0.1, 0.15) is 0 Å². The summed E-state index contributed by atoms with van der Waals surface area (Å²) in [6, 6.07) is 7.21. The first-order valence-electron chi connectivity index (χ1n) is 6.43. The third kappa shape index (κ3) is 5.49. The fourth-order valence-corrected chi connectivity index (χ4v) is 2.79. The summed E-state index contributed by atoms with van der Waals surface area (Å²) in [5, 5.41) is 2.28.